The molecule has 1 fully saturated rings. The first-order valence-corrected chi connectivity index (χ1v) is 7.38. The molecule has 6 heteroatoms. The Morgan fingerprint density at radius 2 is 1.89 bits per heavy atom. The van der Waals surface area contributed by atoms with Crippen LogP contribution in [-0.4, -0.2) is 39.0 Å². The molecule has 18 heavy (non-hydrogen) atoms. The maximum absolute atomic E-state index is 12.5. The van der Waals surface area contributed by atoms with Crippen LogP contribution in [0.2, 0.25) is 0 Å². The first-order chi connectivity index (χ1) is 8.55. The predicted octanol–water partition coefficient (Wildman–Crippen LogP) is 0.807. The molecule has 2 N–H and O–H groups in total. The van der Waals surface area contributed by atoms with Crippen molar-refractivity contribution >= 4 is 10.0 Å². The molecule has 5 nitrogen and oxygen atoms in total. The lowest BCUT2D eigenvalue weighted by molar-refractivity contribution is 0.318. The molecule has 0 amide bonds. The Morgan fingerprint density at radius 3 is 2.50 bits per heavy atom. The molecule has 1 aliphatic rings. The molecule has 1 aromatic rings. The zero-order chi connectivity index (χ0) is 13.2. The minimum Gasteiger partial charge on any atom is -0.495 e. The number of ether oxygens (including phenoxy) is 1. The standard InChI is InChI=1S/C12H18N2O3S/c1-17-11-4-2-3-5-12(11)18(15,16)14-8-6-10(13)7-9-14/h2-5,10H,6-9,13H2,1H3. The van der Waals surface area contributed by atoms with E-state index in [1.807, 2.05) is 0 Å². The Morgan fingerprint density at radius 1 is 1.28 bits per heavy atom. The van der Waals surface area contributed by atoms with Gasteiger partial charge in [-0.2, -0.15) is 4.31 Å². The van der Waals surface area contributed by atoms with Gasteiger partial charge in [-0.15, -0.1) is 0 Å². The summed E-state index contributed by atoms with van der Waals surface area (Å²) in [6, 6.07) is 6.79. The molecule has 0 aromatic heterocycles. The van der Waals surface area contributed by atoms with Crippen LogP contribution in [0.25, 0.3) is 0 Å². The quantitative estimate of drug-likeness (QED) is 0.882. The van der Waals surface area contributed by atoms with E-state index in [2.05, 4.69) is 0 Å². The number of hydrogen-bond acceptors (Lipinski definition) is 4. The smallest absolute Gasteiger partial charge is 0.246 e. The summed E-state index contributed by atoms with van der Waals surface area (Å²) in [7, 11) is -2.00. The fourth-order valence-corrected chi connectivity index (χ4v) is 3.71. The Balaban J connectivity index is 2.30. The predicted molar refractivity (Wildman–Crippen MR) is 69.0 cm³/mol. The maximum atomic E-state index is 12.5. The monoisotopic (exact) mass is 270 g/mol. The summed E-state index contributed by atoms with van der Waals surface area (Å²) in [6.45, 7) is 0.948. The summed E-state index contributed by atoms with van der Waals surface area (Å²) < 4.78 is 31.6. The van der Waals surface area contributed by atoms with Gasteiger partial charge < -0.3 is 10.5 Å². The van der Waals surface area contributed by atoms with E-state index in [0.717, 1.165) is 0 Å². The van der Waals surface area contributed by atoms with E-state index in [1.165, 1.54) is 11.4 Å². The summed E-state index contributed by atoms with van der Waals surface area (Å²) >= 11 is 0. The molecule has 0 aliphatic carbocycles. The summed E-state index contributed by atoms with van der Waals surface area (Å²) in [5.41, 5.74) is 5.79. The van der Waals surface area contributed by atoms with E-state index in [1.54, 1.807) is 24.3 Å². The van der Waals surface area contributed by atoms with Crippen LogP contribution in [0.1, 0.15) is 12.8 Å². The minimum atomic E-state index is -3.48. The average Bonchev–Trinajstić information content (AvgIpc) is 2.39. The fourth-order valence-electron chi connectivity index (χ4n) is 2.09. The van der Waals surface area contributed by atoms with Crippen LogP contribution in [0, 0.1) is 0 Å². The van der Waals surface area contributed by atoms with Crippen LogP contribution >= 0.6 is 0 Å². The van der Waals surface area contributed by atoms with Crippen molar-refractivity contribution in [3.8, 4) is 5.75 Å². The molecule has 2 rings (SSSR count). The summed E-state index contributed by atoms with van der Waals surface area (Å²) in [5.74, 6) is 0.382. The van der Waals surface area contributed by atoms with Gasteiger partial charge in [-0.05, 0) is 25.0 Å². The zero-order valence-corrected chi connectivity index (χ0v) is 11.2. The zero-order valence-electron chi connectivity index (χ0n) is 10.4. The van der Waals surface area contributed by atoms with E-state index >= 15 is 0 Å². The highest BCUT2D eigenvalue weighted by atomic mass is 32.2. The molecule has 0 unspecified atom stereocenters. The van der Waals surface area contributed by atoms with Gasteiger partial charge in [-0.1, -0.05) is 12.1 Å². The first kappa shape index (κ1) is 13.3. The minimum absolute atomic E-state index is 0.106. The van der Waals surface area contributed by atoms with Gasteiger partial charge in [0.2, 0.25) is 10.0 Å². The highest BCUT2D eigenvalue weighted by Crippen LogP contribution is 2.27. The lowest BCUT2D eigenvalue weighted by Gasteiger charge is -2.29. The van der Waals surface area contributed by atoms with E-state index < -0.39 is 10.0 Å². The first-order valence-electron chi connectivity index (χ1n) is 5.94. The molecular weight excluding hydrogens is 252 g/mol. The van der Waals surface area contributed by atoms with Gasteiger partial charge in [0.1, 0.15) is 10.6 Å². The van der Waals surface area contributed by atoms with Gasteiger partial charge in [0.05, 0.1) is 7.11 Å². The summed E-state index contributed by atoms with van der Waals surface area (Å²) in [5, 5.41) is 0. The van der Waals surface area contributed by atoms with Crippen LogP contribution in [0.3, 0.4) is 0 Å². The van der Waals surface area contributed by atoms with Crippen molar-refractivity contribution in [2.45, 2.75) is 23.8 Å². The lowest BCUT2D eigenvalue weighted by atomic mass is 10.1. The number of benzene rings is 1. The molecule has 100 valence electrons. The van der Waals surface area contributed by atoms with Gasteiger partial charge in [0.15, 0.2) is 0 Å². The normalized spacial score (nSPS) is 18.8. The average molecular weight is 270 g/mol. The van der Waals surface area contributed by atoms with Crippen LogP contribution in [0.5, 0.6) is 5.75 Å². The third-order valence-electron chi connectivity index (χ3n) is 3.19. The van der Waals surface area contributed by atoms with Crippen molar-refractivity contribution in [2.24, 2.45) is 5.73 Å². The van der Waals surface area contributed by atoms with Crippen molar-refractivity contribution in [1.29, 1.82) is 0 Å². The molecule has 0 atom stereocenters. The molecule has 1 aromatic carbocycles. The molecule has 1 heterocycles. The van der Waals surface area contributed by atoms with Crippen molar-refractivity contribution in [3.63, 3.8) is 0 Å². The Hall–Kier alpha value is -1.11. The molecule has 0 spiro atoms. The molecule has 0 bridgehead atoms. The Labute approximate surface area is 108 Å². The van der Waals surface area contributed by atoms with Crippen molar-refractivity contribution < 1.29 is 13.2 Å². The number of nitrogens with zero attached hydrogens (tertiary/aromatic N) is 1. The maximum Gasteiger partial charge on any atom is 0.246 e. The highest BCUT2D eigenvalue weighted by molar-refractivity contribution is 7.89. The number of rotatable bonds is 3. The fraction of sp³-hybridized carbons (Fsp3) is 0.500. The van der Waals surface area contributed by atoms with Gasteiger partial charge in [-0.3, -0.25) is 0 Å². The van der Waals surface area contributed by atoms with Crippen LogP contribution in [0.15, 0.2) is 29.2 Å². The third kappa shape index (κ3) is 2.50. The highest BCUT2D eigenvalue weighted by Gasteiger charge is 2.30. The Kier molecular flexibility index (Phi) is 3.89. The lowest BCUT2D eigenvalue weighted by Crippen LogP contribution is -2.42. The van der Waals surface area contributed by atoms with E-state index in [-0.39, 0.29) is 10.9 Å². The van der Waals surface area contributed by atoms with E-state index in [4.69, 9.17) is 10.5 Å². The second-order valence-electron chi connectivity index (χ2n) is 4.39. The molecule has 0 saturated carbocycles. The van der Waals surface area contributed by atoms with Gasteiger partial charge >= 0.3 is 0 Å². The largest absolute Gasteiger partial charge is 0.495 e. The topological polar surface area (TPSA) is 72.6 Å². The van der Waals surface area contributed by atoms with Crippen molar-refractivity contribution in [1.82, 2.24) is 4.31 Å². The van der Waals surface area contributed by atoms with Gasteiger partial charge in [-0.25, -0.2) is 8.42 Å². The van der Waals surface area contributed by atoms with Gasteiger partial charge in [0.25, 0.3) is 0 Å². The molecule has 1 saturated heterocycles. The van der Waals surface area contributed by atoms with E-state index in [9.17, 15) is 8.42 Å². The second-order valence-corrected chi connectivity index (χ2v) is 6.30. The Bertz CT molecular complexity index is 508. The van der Waals surface area contributed by atoms with Crippen LogP contribution in [0.4, 0.5) is 0 Å². The SMILES string of the molecule is COc1ccccc1S(=O)(=O)N1CCC(N)CC1. The molecule has 1 aliphatic heterocycles. The number of piperidine rings is 1. The number of para-hydroxylation sites is 1. The van der Waals surface area contributed by atoms with Crippen LogP contribution in [-0.2, 0) is 10.0 Å². The molecule has 0 radical (unpaired) electrons. The van der Waals surface area contributed by atoms with Crippen molar-refractivity contribution in [2.75, 3.05) is 20.2 Å². The third-order valence-corrected chi connectivity index (χ3v) is 5.12. The number of methoxy groups -OCH3 is 1. The molecular formula is C12H18N2O3S. The van der Waals surface area contributed by atoms with Gasteiger partial charge in [0, 0.05) is 19.1 Å². The van der Waals surface area contributed by atoms with E-state index in [0.29, 0.717) is 31.7 Å². The number of sulfonamides is 1. The number of nitrogens with two attached hydrogens (primary N) is 1. The number of hydrogen-bond donors (Lipinski definition) is 1. The second kappa shape index (κ2) is 5.26. The summed E-state index contributed by atoms with van der Waals surface area (Å²) in [4.78, 5) is 0.225. The van der Waals surface area contributed by atoms with Crippen LogP contribution < -0.4 is 10.5 Å². The summed E-state index contributed by atoms with van der Waals surface area (Å²) in [6.07, 6.45) is 1.41. The van der Waals surface area contributed by atoms with Crippen molar-refractivity contribution in [3.05, 3.63) is 24.3 Å².